The molecular weight excluding hydrogens is 421 g/mol. The lowest BCUT2D eigenvalue weighted by atomic mass is 9.67. The molecule has 4 nitrogen and oxygen atoms in total. The van der Waals surface area contributed by atoms with Crippen molar-refractivity contribution in [2.45, 2.75) is 58.2 Å². The first kappa shape index (κ1) is 24.0. The molecule has 0 spiro atoms. The number of aliphatic carboxylic acids is 1. The van der Waals surface area contributed by atoms with Crippen molar-refractivity contribution in [3.05, 3.63) is 59.2 Å². The van der Waals surface area contributed by atoms with E-state index in [-0.39, 0.29) is 23.3 Å². The minimum atomic E-state index is -4.52. The predicted molar refractivity (Wildman–Crippen MR) is 114 cm³/mol. The normalized spacial score (nSPS) is 21.3. The van der Waals surface area contributed by atoms with Crippen molar-refractivity contribution in [2.75, 3.05) is 0 Å². The summed E-state index contributed by atoms with van der Waals surface area (Å²) in [6.07, 6.45) is -1.31. The highest BCUT2D eigenvalue weighted by molar-refractivity contribution is 6.00. The van der Waals surface area contributed by atoms with Gasteiger partial charge >= 0.3 is 12.1 Å². The number of hydrogen-bond acceptors (Lipinski definition) is 3. The van der Waals surface area contributed by atoms with E-state index in [1.165, 1.54) is 30.3 Å². The fourth-order valence-electron chi connectivity index (χ4n) is 4.53. The second-order valence-electron chi connectivity index (χ2n) is 8.65. The van der Waals surface area contributed by atoms with Crippen molar-refractivity contribution in [1.82, 2.24) is 0 Å². The van der Waals surface area contributed by atoms with E-state index in [2.05, 4.69) is 6.92 Å². The third kappa shape index (κ3) is 5.04. The summed E-state index contributed by atoms with van der Waals surface area (Å²) in [5, 5.41) is 19.5. The van der Waals surface area contributed by atoms with Gasteiger partial charge < -0.3 is 10.2 Å². The Morgan fingerprint density at radius 3 is 2.34 bits per heavy atom. The molecule has 2 aromatic carbocycles. The first-order valence-corrected chi connectivity index (χ1v) is 10.8. The number of carboxylic acids is 1. The van der Waals surface area contributed by atoms with Gasteiger partial charge in [0.2, 0.25) is 0 Å². The molecule has 0 saturated heterocycles. The zero-order chi connectivity index (χ0) is 23.5. The molecule has 1 fully saturated rings. The maximum Gasteiger partial charge on any atom is 0.416 e. The maximum absolute atomic E-state index is 13.1. The number of carbonyl (C=O) groups excluding carboxylic acids is 1. The number of ketones is 1. The van der Waals surface area contributed by atoms with Gasteiger partial charge in [-0.25, -0.2) is 0 Å². The van der Waals surface area contributed by atoms with Crippen molar-refractivity contribution in [3.8, 4) is 11.1 Å². The van der Waals surface area contributed by atoms with Crippen LogP contribution in [0.25, 0.3) is 11.1 Å². The van der Waals surface area contributed by atoms with Crippen LogP contribution in [0.2, 0.25) is 0 Å². The van der Waals surface area contributed by atoms with Gasteiger partial charge in [0.25, 0.3) is 0 Å². The van der Waals surface area contributed by atoms with Gasteiger partial charge in [-0.15, -0.1) is 0 Å². The predicted octanol–water partition coefficient (Wildman–Crippen LogP) is 6.11. The molecule has 0 aromatic heterocycles. The van der Waals surface area contributed by atoms with Gasteiger partial charge in [0, 0.05) is 12.0 Å². The second-order valence-corrected chi connectivity index (χ2v) is 8.65. The molecule has 172 valence electrons. The van der Waals surface area contributed by atoms with E-state index in [4.69, 9.17) is 0 Å². The van der Waals surface area contributed by atoms with Crippen LogP contribution in [0.3, 0.4) is 0 Å². The topological polar surface area (TPSA) is 74.6 Å². The molecule has 3 rings (SSSR count). The molecule has 0 unspecified atom stereocenters. The molecule has 1 aliphatic carbocycles. The standard InChI is InChI=1S/C25H27F3O4/c1-2-16-8-10-24(11-9-16,23(31)32)14-22(30)18-6-7-19(15-29)21(13-18)17-4-3-5-20(12-17)25(26,27)28/h3-7,12-13,16,29H,2,8-11,14-15H2,1H3,(H,31,32). The molecule has 1 aliphatic rings. The number of aliphatic hydroxyl groups excluding tert-OH is 1. The molecular formula is C25H27F3O4. The van der Waals surface area contributed by atoms with Crippen LogP contribution in [0.1, 0.15) is 66.9 Å². The molecule has 0 heterocycles. The van der Waals surface area contributed by atoms with Crippen LogP contribution in [-0.4, -0.2) is 22.0 Å². The van der Waals surface area contributed by atoms with E-state index < -0.39 is 29.7 Å². The molecule has 0 bridgehead atoms. The summed E-state index contributed by atoms with van der Waals surface area (Å²) >= 11 is 0. The largest absolute Gasteiger partial charge is 0.481 e. The average Bonchev–Trinajstić information content (AvgIpc) is 2.78. The first-order valence-electron chi connectivity index (χ1n) is 10.8. The Hall–Kier alpha value is -2.67. The summed E-state index contributed by atoms with van der Waals surface area (Å²) < 4.78 is 39.4. The van der Waals surface area contributed by atoms with Crippen LogP contribution in [-0.2, 0) is 17.6 Å². The fourth-order valence-corrected chi connectivity index (χ4v) is 4.53. The van der Waals surface area contributed by atoms with Crippen LogP contribution >= 0.6 is 0 Å². The first-order chi connectivity index (χ1) is 15.1. The van der Waals surface area contributed by atoms with Crippen molar-refractivity contribution in [1.29, 1.82) is 0 Å². The van der Waals surface area contributed by atoms with Gasteiger partial charge in [0.1, 0.15) is 0 Å². The summed E-state index contributed by atoms with van der Waals surface area (Å²) in [6.45, 7) is 1.67. The summed E-state index contributed by atoms with van der Waals surface area (Å²) in [5.74, 6) is -0.875. The van der Waals surface area contributed by atoms with Crippen LogP contribution < -0.4 is 0 Å². The minimum absolute atomic E-state index is 0.154. The van der Waals surface area contributed by atoms with Gasteiger partial charge in [-0.1, -0.05) is 37.6 Å². The van der Waals surface area contributed by atoms with E-state index in [1.54, 1.807) is 0 Å². The second kappa shape index (κ2) is 9.45. The highest BCUT2D eigenvalue weighted by Crippen LogP contribution is 2.44. The summed E-state index contributed by atoms with van der Waals surface area (Å²) in [5.41, 5.74) is -0.772. The number of halogens is 3. The SMILES string of the molecule is CCC1CCC(CC(=O)c2ccc(CO)c(-c3cccc(C(F)(F)F)c3)c2)(C(=O)O)CC1. The number of Topliss-reactive ketones (excluding diaryl/α,β-unsaturated/α-hetero) is 1. The summed E-state index contributed by atoms with van der Waals surface area (Å²) in [6, 6.07) is 9.16. The van der Waals surface area contributed by atoms with E-state index in [9.17, 15) is 33.0 Å². The Kier molecular flexibility index (Phi) is 7.08. The molecule has 0 aliphatic heterocycles. The van der Waals surface area contributed by atoms with Crippen LogP contribution in [0, 0.1) is 11.3 Å². The molecule has 0 atom stereocenters. The third-order valence-corrected chi connectivity index (χ3v) is 6.70. The zero-order valence-corrected chi connectivity index (χ0v) is 17.9. The monoisotopic (exact) mass is 448 g/mol. The highest BCUT2D eigenvalue weighted by atomic mass is 19.4. The Balaban J connectivity index is 1.93. The minimum Gasteiger partial charge on any atom is -0.481 e. The van der Waals surface area contributed by atoms with Gasteiger partial charge in [0.15, 0.2) is 5.78 Å². The smallest absolute Gasteiger partial charge is 0.416 e. The number of carbonyl (C=O) groups is 2. The molecule has 7 heteroatoms. The lowest BCUT2D eigenvalue weighted by molar-refractivity contribution is -0.151. The van der Waals surface area contributed by atoms with Crippen LogP contribution in [0.5, 0.6) is 0 Å². The maximum atomic E-state index is 13.1. The zero-order valence-electron chi connectivity index (χ0n) is 17.9. The van der Waals surface area contributed by atoms with Crippen molar-refractivity contribution >= 4 is 11.8 Å². The number of alkyl halides is 3. The van der Waals surface area contributed by atoms with Gasteiger partial charge in [-0.3, -0.25) is 9.59 Å². The molecule has 2 N–H and O–H groups in total. The Morgan fingerprint density at radius 1 is 1.09 bits per heavy atom. The van der Waals surface area contributed by atoms with Crippen molar-refractivity contribution in [2.24, 2.45) is 11.3 Å². The number of carboxylic acid groups (broad SMARTS) is 1. The molecule has 0 radical (unpaired) electrons. The van der Waals surface area contributed by atoms with E-state index in [1.807, 2.05) is 0 Å². The molecule has 32 heavy (non-hydrogen) atoms. The van der Waals surface area contributed by atoms with E-state index in [0.29, 0.717) is 29.9 Å². The van der Waals surface area contributed by atoms with E-state index in [0.717, 1.165) is 31.4 Å². The number of hydrogen-bond donors (Lipinski definition) is 2. The third-order valence-electron chi connectivity index (χ3n) is 6.70. The molecule has 1 saturated carbocycles. The van der Waals surface area contributed by atoms with Gasteiger partial charge in [-0.05, 0) is 66.5 Å². The number of benzene rings is 2. The fraction of sp³-hybridized carbons (Fsp3) is 0.440. The summed E-state index contributed by atoms with van der Waals surface area (Å²) in [4.78, 5) is 25.1. The van der Waals surface area contributed by atoms with E-state index >= 15 is 0 Å². The van der Waals surface area contributed by atoms with Gasteiger partial charge in [0.05, 0.1) is 17.6 Å². The number of aliphatic hydroxyl groups is 1. The molecule has 0 amide bonds. The molecule has 2 aromatic rings. The summed E-state index contributed by atoms with van der Waals surface area (Å²) in [7, 11) is 0. The average molecular weight is 448 g/mol. The van der Waals surface area contributed by atoms with Crippen LogP contribution in [0.15, 0.2) is 42.5 Å². The van der Waals surface area contributed by atoms with Gasteiger partial charge in [-0.2, -0.15) is 13.2 Å². The van der Waals surface area contributed by atoms with Crippen molar-refractivity contribution < 1.29 is 33.0 Å². The Morgan fingerprint density at radius 2 is 1.78 bits per heavy atom. The van der Waals surface area contributed by atoms with Crippen molar-refractivity contribution in [3.63, 3.8) is 0 Å². The number of rotatable bonds is 7. The lowest BCUT2D eigenvalue weighted by Gasteiger charge is -2.36. The lowest BCUT2D eigenvalue weighted by Crippen LogP contribution is -2.37. The van der Waals surface area contributed by atoms with Crippen LogP contribution in [0.4, 0.5) is 13.2 Å². The Bertz CT molecular complexity index is 989. The Labute approximate surface area is 185 Å². The highest BCUT2D eigenvalue weighted by Gasteiger charge is 2.43. The quantitative estimate of drug-likeness (QED) is 0.501.